The van der Waals surface area contributed by atoms with Crippen LogP contribution >= 0.6 is 11.3 Å². The number of aromatic nitrogens is 1. The molecule has 5 heteroatoms. The average molecular weight is 220 g/mol. The largest absolute Gasteiger partial charge is 0.269 e. The van der Waals surface area contributed by atoms with Crippen LogP contribution in [-0.4, -0.2) is 9.91 Å². The zero-order chi connectivity index (χ0) is 10.8. The molecule has 1 heterocycles. The van der Waals surface area contributed by atoms with E-state index in [4.69, 9.17) is 0 Å². The van der Waals surface area contributed by atoms with Crippen LogP contribution in [0.4, 0.5) is 5.69 Å². The number of aryl methyl sites for hydroxylation is 1. The van der Waals surface area contributed by atoms with Gasteiger partial charge in [0.05, 0.1) is 4.92 Å². The molecule has 2 rings (SSSR count). The summed E-state index contributed by atoms with van der Waals surface area (Å²) in [5.41, 5.74) is 1.02. The van der Waals surface area contributed by atoms with E-state index in [1.807, 2.05) is 6.92 Å². The van der Waals surface area contributed by atoms with Crippen molar-refractivity contribution in [2.45, 2.75) is 6.92 Å². The van der Waals surface area contributed by atoms with E-state index in [2.05, 4.69) is 4.98 Å². The molecule has 0 aliphatic carbocycles. The molecule has 4 nitrogen and oxygen atoms in total. The van der Waals surface area contributed by atoms with Crippen molar-refractivity contribution in [2.75, 3.05) is 0 Å². The molecule has 0 N–H and O–H groups in total. The van der Waals surface area contributed by atoms with Crippen molar-refractivity contribution in [3.8, 4) is 10.6 Å². The average Bonchev–Trinajstić information content (AvgIpc) is 2.65. The lowest BCUT2D eigenvalue weighted by Gasteiger charge is -1.95. The molecule has 0 atom stereocenters. The first kappa shape index (κ1) is 9.79. The number of benzene rings is 1. The standard InChI is InChI=1S/C10H8N2O2S/c1-7-6-11-10(15-7)8-2-4-9(5-3-8)12(13)14/h2-6H,1H3. The monoisotopic (exact) mass is 220 g/mol. The summed E-state index contributed by atoms with van der Waals surface area (Å²) in [4.78, 5) is 15.4. The fraction of sp³-hybridized carbons (Fsp3) is 0.100. The summed E-state index contributed by atoms with van der Waals surface area (Å²) in [6, 6.07) is 6.42. The van der Waals surface area contributed by atoms with Crippen molar-refractivity contribution < 1.29 is 4.92 Å². The Labute approximate surface area is 90.4 Å². The van der Waals surface area contributed by atoms with E-state index in [0.717, 1.165) is 15.4 Å². The molecule has 0 amide bonds. The van der Waals surface area contributed by atoms with E-state index in [0.29, 0.717) is 0 Å². The summed E-state index contributed by atoms with van der Waals surface area (Å²) in [5.74, 6) is 0. The lowest BCUT2D eigenvalue weighted by atomic mass is 10.2. The Morgan fingerprint density at radius 1 is 1.33 bits per heavy atom. The van der Waals surface area contributed by atoms with Gasteiger partial charge in [0.1, 0.15) is 5.01 Å². The molecule has 15 heavy (non-hydrogen) atoms. The first-order valence-electron chi connectivity index (χ1n) is 4.34. The number of hydrogen-bond donors (Lipinski definition) is 0. The van der Waals surface area contributed by atoms with Crippen molar-refractivity contribution in [3.05, 3.63) is 45.5 Å². The van der Waals surface area contributed by atoms with Gasteiger partial charge in [-0.05, 0) is 19.1 Å². The minimum atomic E-state index is -0.406. The van der Waals surface area contributed by atoms with E-state index in [9.17, 15) is 10.1 Å². The molecule has 2 aromatic rings. The molecular weight excluding hydrogens is 212 g/mol. The Bertz CT molecular complexity index is 490. The van der Waals surface area contributed by atoms with Crippen molar-refractivity contribution in [1.29, 1.82) is 0 Å². The highest BCUT2D eigenvalue weighted by Gasteiger charge is 2.06. The van der Waals surface area contributed by atoms with Crippen LogP contribution in [-0.2, 0) is 0 Å². The number of nitrogens with zero attached hydrogens (tertiary/aromatic N) is 2. The van der Waals surface area contributed by atoms with Crippen molar-refractivity contribution in [3.63, 3.8) is 0 Å². The minimum Gasteiger partial charge on any atom is -0.258 e. The summed E-state index contributed by atoms with van der Waals surface area (Å²) >= 11 is 1.57. The fourth-order valence-electron chi connectivity index (χ4n) is 1.21. The van der Waals surface area contributed by atoms with Gasteiger partial charge in [-0.25, -0.2) is 4.98 Å². The minimum absolute atomic E-state index is 0.104. The topological polar surface area (TPSA) is 56.0 Å². The van der Waals surface area contributed by atoms with Crippen LogP contribution in [0.15, 0.2) is 30.5 Å². The molecule has 1 aromatic carbocycles. The number of non-ortho nitro benzene ring substituents is 1. The number of nitro groups is 1. The summed E-state index contributed by atoms with van der Waals surface area (Å²) in [6.45, 7) is 1.98. The van der Waals surface area contributed by atoms with E-state index in [1.54, 1.807) is 29.7 Å². The summed E-state index contributed by atoms with van der Waals surface area (Å²) < 4.78 is 0. The molecule has 0 unspecified atom stereocenters. The summed E-state index contributed by atoms with van der Waals surface area (Å²) in [6.07, 6.45) is 1.79. The van der Waals surface area contributed by atoms with Crippen LogP contribution < -0.4 is 0 Å². The van der Waals surface area contributed by atoms with Crippen LogP contribution in [0.3, 0.4) is 0 Å². The van der Waals surface area contributed by atoms with Crippen LogP contribution in [0.1, 0.15) is 4.88 Å². The van der Waals surface area contributed by atoms with Crippen LogP contribution in [0.2, 0.25) is 0 Å². The Morgan fingerprint density at radius 2 is 2.00 bits per heavy atom. The maximum atomic E-state index is 10.4. The maximum Gasteiger partial charge on any atom is 0.269 e. The Morgan fingerprint density at radius 3 is 2.47 bits per heavy atom. The number of hydrogen-bond acceptors (Lipinski definition) is 4. The number of rotatable bonds is 2. The van der Waals surface area contributed by atoms with Crippen LogP contribution in [0.5, 0.6) is 0 Å². The molecule has 0 spiro atoms. The van der Waals surface area contributed by atoms with E-state index >= 15 is 0 Å². The first-order valence-corrected chi connectivity index (χ1v) is 5.16. The zero-order valence-electron chi connectivity index (χ0n) is 8.01. The van der Waals surface area contributed by atoms with Gasteiger partial charge in [-0.2, -0.15) is 0 Å². The van der Waals surface area contributed by atoms with Gasteiger partial charge in [-0.3, -0.25) is 10.1 Å². The predicted molar refractivity (Wildman–Crippen MR) is 58.9 cm³/mol. The number of thiazole rings is 1. The highest BCUT2D eigenvalue weighted by atomic mass is 32.1. The SMILES string of the molecule is Cc1cnc(-c2ccc([N+](=O)[O-])cc2)s1. The molecule has 76 valence electrons. The molecule has 0 saturated heterocycles. The summed E-state index contributed by atoms with van der Waals surface area (Å²) in [7, 11) is 0. The molecule has 0 bridgehead atoms. The second-order valence-electron chi connectivity index (χ2n) is 3.08. The van der Waals surface area contributed by atoms with Crippen molar-refractivity contribution in [2.24, 2.45) is 0 Å². The first-order chi connectivity index (χ1) is 7.16. The van der Waals surface area contributed by atoms with Gasteiger partial charge in [-0.1, -0.05) is 0 Å². The van der Waals surface area contributed by atoms with Gasteiger partial charge >= 0.3 is 0 Å². The van der Waals surface area contributed by atoms with Gasteiger partial charge < -0.3 is 0 Å². The third-order valence-electron chi connectivity index (χ3n) is 1.95. The molecule has 0 aliphatic heterocycles. The third kappa shape index (κ3) is 2.02. The highest BCUT2D eigenvalue weighted by Crippen LogP contribution is 2.26. The third-order valence-corrected chi connectivity index (χ3v) is 2.91. The molecule has 0 saturated carbocycles. The zero-order valence-corrected chi connectivity index (χ0v) is 8.82. The quantitative estimate of drug-likeness (QED) is 0.577. The second kappa shape index (κ2) is 3.78. The Hall–Kier alpha value is -1.75. The Kier molecular flexibility index (Phi) is 2.47. The second-order valence-corrected chi connectivity index (χ2v) is 4.31. The van der Waals surface area contributed by atoms with E-state index in [1.165, 1.54) is 12.1 Å². The predicted octanol–water partition coefficient (Wildman–Crippen LogP) is 3.03. The van der Waals surface area contributed by atoms with Crippen molar-refractivity contribution >= 4 is 17.0 Å². The highest BCUT2D eigenvalue weighted by molar-refractivity contribution is 7.14. The van der Waals surface area contributed by atoms with Gasteiger partial charge in [0, 0.05) is 28.8 Å². The normalized spacial score (nSPS) is 10.2. The molecule has 1 aromatic heterocycles. The molecule has 0 fully saturated rings. The van der Waals surface area contributed by atoms with E-state index < -0.39 is 4.92 Å². The van der Waals surface area contributed by atoms with Crippen molar-refractivity contribution in [1.82, 2.24) is 4.98 Å². The lowest BCUT2D eigenvalue weighted by Crippen LogP contribution is -1.86. The smallest absolute Gasteiger partial charge is 0.258 e. The molecule has 0 aliphatic rings. The fourth-order valence-corrected chi connectivity index (χ4v) is 1.98. The van der Waals surface area contributed by atoms with E-state index in [-0.39, 0.29) is 5.69 Å². The van der Waals surface area contributed by atoms with Gasteiger partial charge in [0.25, 0.3) is 5.69 Å². The maximum absolute atomic E-state index is 10.4. The van der Waals surface area contributed by atoms with Gasteiger partial charge in [-0.15, -0.1) is 11.3 Å². The lowest BCUT2D eigenvalue weighted by molar-refractivity contribution is -0.384. The Balaban J connectivity index is 2.35. The van der Waals surface area contributed by atoms with Crippen LogP contribution in [0.25, 0.3) is 10.6 Å². The van der Waals surface area contributed by atoms with Gasteiger partial charge in [0.2, 0.25) is 0 Å². The molecular formula is C10H8N2O2S. The van der Waals surface area contributed by atoms with Crippen LogP contribution in [0, 0.1) is 17.0 Å². The number of nitro benzene ring substituents is 1. The summed E-state index contributed by atoms with van der Waals surface area (Å²) in [5, 5.41) is 11.3. The van der Waals surface area contributed by atoms with Gasteiger partial charge in [0.15, 0.2) is 0 Å². The molecule has 0 radical (unpaired) electrons.